The van der Waals surface area contributed by atoms with E-state index in [9.17, 15) is 22.4 Å². The highest BCUT2D eigenvalue weighted by atomic mass is 32.2. The lowest BCUT2D eigenvalue weighted by molar-refractivity contribution is -0.140. The van der Waals surface area contributed by atoms with Crippen LogP contribution in [-0.2, 0) is 32.6 Å². The van der Waals surface area contributed by atoms with Crippen LogP contribution in [0.5, 0.6) is 0 Å². The summed E-state index contributed by atoms with van der Waals surface area (Å²) in [6.45, 7) is 3.17. The Morgan fingerprint density at radius 1 is 0.809 bits per heavy atom. The molecule has 5 rings (SSSR count). The first-order chi connectivity index (χ1) is 22.6. The van der Waals surface area contributed by atoms with E-state index in [2.05, 4.69) is 5.32 Å². The van der Waals surface area contributed by atoms with Crippen LogP contribution in [0.15, 0.2) is 108 Å². The van der Waals surface area contributed by atoms with Crippen molar-refractivity contribution in [2.45, 2.75) is 75.9 Å². The fourth-order valence-corrected chi connectivity index (χ4v) is 7.62. The molecular weight excluding hydrogens is 614 g/mol. The Kier molecular flexibility index (Phi) is 11.1. The Balaban J connectivity index is 1.58. The maximum absolute atomic E-state index is 14.7. The molecule has 1 saturated carbocycles. The van der Waals surface area contributed by atoms with Crippen molar-refractivity contribution in [2.75, 3.05) is 10.8 Å². The van der Waals surface area contributed by atoms with Gasteiger partial charge in [0, 0.05) is 19.0 Å². The summed E-state index contributed by atoms with van der Waals surface area (Å²) < 4.78 is 43.5. The second-order valence-corrected chi connectivity index (χ2v) is 14.1. The normalized spacial score (nSPS) is 14.3. The maximum atomic E-state index is 14.7. The molecule has 47 heavy (non-hydrogen) atoms. The third kappa shape index (κ3) is 8.46. The van der Waals surface area contributed by atoms with Crippen molar-refractivity contribution in [3.63, 3.8) is 0 Å². The van der Waals surface area contributed by atoms with E-state index in [1.165, 1.54) is 29.2 Å². The van der Waals surface area contributed by atoms with Crippen LogP contribution in [0.4, 0.5) is 10.1 Å². The number of benzene rings is 4. The lowest BCUT2D eigenvalue weighted by Crippen LogP contribution is -2.55. The van der Waals surface area contributed by atoms with Crippen LogP contribution in [0.3, 0.4) is 0 Å². The summed E-state index contributed by atoms with van der Waals surface area (Å²) in [6.07, 6.45) is 5.13. The number of rotatable bonds is 12. The SMILES string of the molecule is Cc1cccc(N(CC(=O)N(Cc2ccc(F)cc2)[C@@H](Cc2ccccc2)C(=O)NC2CCCCC2)S(=O)(=O)c2ccccc2)c1C. The summed E-state index contributed by atoms with van der Waals surface area (Å²) in [7, 11) is -4.19. The van der Waals surface area contributed by atoms with E-state index in [1.807, 2.05) is 50.2 Å². The summed E-state index contributed by atoms with van der Waals surface area (Å²) in [5.74, 6) is -1.26. The van der Waals surface area contributed by atoms with Gasteiger partial charge in [-0.2, -0.15) is 0 Å². The lowest BCUT2D eigenvalue weighted by atomic mass is 9.94. The van der Waals surface area contributed by atoms with Crippen LogP contribution in [0, 0.1) is 19.7 Å². The van der Waals surface area contributed by atoms with Crippen molar-refractivity contribution in [1.29, 1.82) is 0 Å². The average molecular weight is 656 g/mol. The Labute approximate surface area is 277 Å². The second kappa shape index (κ2) is 15.4. The summed E-state index contributed by atoms with van der Waals surface area (Å²) in [5, 5.41) is 3.20. The number of aryl methyl sites for hydroxylation is 1. The van der Waals surface area contributed by atoms with E-state index in [0.29, 0.717) is 11.3 Å². The van der Waals surface area contributed by atoms with E-state index >= 15 is 0 Å². The van der Waals surface area contributed by atoms with Crippen LogP contribution in [0.25, 0.3) is 0 Å². The van der Waals surface area contributed by atoms with Gasteiger partial charge in [-0.3, -0.25) is 13.9 Å². The Bertz CT molecular complexity index is 1760. The first kappa shape index (κ1) is 33.9. The molecule has 7 nitrogen and oxygen atoms in total. The maximum Gasteiger partial charge on any atom is 0.264 e. The van der Waals surface area contributed by atoms with Gasteiger partial charge in [0.2, 0.25) is 11.8 Å². The number of amides is 2. The minimum Gasteiger partial charge on any atom is -0.352 e. The fourth-order valence-electron chi connectivity index (χ4n) is 6.12. The van der Waals surface area contributed by atoms with Gasteiger partial charge in [0.1, 0.15) is 18.4 Å². The van der Waals surface area contributed by atoms with Gasteiger partial charge in [0.05, 0.1) is 10.6 Å². The number of halogens is 1. The number of nitrogens with one attached hydrogen (secondary N) is 1. The first-order valence-corrected chi connectivity index (χ1v) is 17.6. The van der Waals surface area contributed by atoms with Gasteiger partial charge in [0.15, 0.2) is 0 Å². The largest absolute Gasteiger partial charge is 0.352 e. The number of anilines is 1. The number of hydrogen-bond donors (Lipinski definition) is 1. The number of carbonyl (C=O) groups is 2. The second-order valence-electron chi connectivity index (χ2n) is 12.2. The molecule has 1 aliphatic carbocycles. The van der Waals surface area contributed by atoms with Gasteiger partial charge in [-0.15, -0.1) is 0 Å². The molecule has 2 amide bonds. The number of sulfonamides is 1. The predicted molar refractivity (Wildman–Crippen MR) is 183 cm³/mol. The summed E-state index contributed by atoms with van der Waals surface area (Å²) in [5.41, 5.74) is 3.46. The molecule has 0 bridgehead atoms. The van der Waals surface area contributed by atoms with Gasteiger partial charge < -0.3 is 10.2 Å². The first-order valence-electron chi connectivity index (χ1n) is 16.2. The van der Waals surface area contributed by atoms with E-state index in [0.717, 1.165) is 53.1 Å². The number of nitrogens with zero attached hydrogens (tertiary/aromatic N) is 2. The van der Waals surface area contributed by atoms with E-state index in [1.54, 1.807) is 42.5 Å². The zero-order valence-electron chi connectivity index (χ0n) is 26.9. The topological polar surface area (TPSA) is 86.8 Å². The van der Waals surface area contributed by atoms with Crippen molar-refractivity contribution in [3.05, 3.63) is 131 Å². The highest BCUT2D eigenvalue weighted by Crippen LogP contribution is 2.29. The van der Waals surface area contributed by atoms with Gasteiger partial charge in [-0.1, -0.05) is 92.1 Å². The number of hydrogen-bond acceptors (Lipinski definition) is 4. The van der Waals surface area contributed by atoms with E-state index in [4.69, 9.17) is 0 Å². The van der Waals surface area contributed by atoms with Crippen molar-refractivity contribution in [1.82, 2.24) is 10.2 Å². The quantitative estimate of drug-likeness (QED) is 0.184. The van der Waals surface area contributed by atoms with E-state index < -0.39 is 34.3 Å². The molecular formula is C38H42FN3O4S. The molecule has 0 aliphatic heterocycles. The summed E-state index contributed by atoms with van der Waals surface area (Å²) in [6, 6.07) is 27.7. The molecule has 1 atom stereocenters. The van der Waals surface area contributed by atoms with Crippen LogP contribution in [-0.4, -0.2) is 43.8 Å². The molecule has 1 N–H and O–H groups in total. The van der Waals surface area contributed by atoms with Gasteiger partial charge in [0.25, 0.3) is 10.0 Å². The lowest BCUT2D eigenvalue weighted by Gasteiger charge is -2.35. The standard InChI is InChI=1S/C38H42FN3O4S/c1-28-13-12-20-35(29(28)2)42(47(45,46)34-18-10-5-11-19-34)27-37(43)41(26-31-21-23-32(39)24-22-31)36(25-30-14-6-3-7-15-30)38(44)40-33-16-8-4-9-17-33/h3,5-7,10-15,18-24,33,36H,4,8-9,16-17,25-27H2,1-2H3,(H,40,44)/t36-/m0/s1. The molecule has 1 fully saturated rings. The zero-order valence-corrected chi connectivity index (χ0v) is 27.8. The molecule has 0 heterocycles. The molecule has 0 saturated heterocycles. The highest BCUT2D eigenvalue weighted by molar-refractivity contribution is 7.92. The third-order valence-electron chi connectivity index (χ3n) is 8.94. The average Bonchev–Trinajstić information content (AvgIpc) is 3.08. The molecule has 0 unspecified atom stereocenters. The smallest absolute Gasteiger partial charge is 0.264 e. The Hall–Kier alpha value is -4.50. The van der Waals surface area contributed by atoms with Crippen molar-refractivity contribution < 1.29 is 22.4 Å². The van der Waals surface area contributed by atoms with Crippen LogP contribution in [0.2, 0.25) is 0 Å². The Morgan fingerprint density at radius 3 is 2.11 bits per heavy atom. The van der Waals surface area contributed by atoms with Crippen LogP contribution in [0.1, 0.15) is 54.4 Å². The van der Waals surface area contributed by atoms with Crippen molar-refractivity contribution >= 4 is 27.5 Å². The van der Waals surface area contributed by atoms with Crippen molar-refractivity contribution in [3.8, 4) is 0 Å². The highest BCUT2D eigenvalue weighted by Gasteiger charge is 2.36. The van der Waals surface area contributed by atoms with E-state index in [-0.39, 0.29) is 29.8 Å². The van der Waals surface area contributed by atoms with Gasteiger partial charge in [-0.25, -0.2) is 12.8 Å². The predicted octanol–water partition coefficient (Wildman–Crippen LogP) is 6.73. The molecule has 9 heteroatoms. The molecule has 0 radical (unpaired) electrons. The molecule has 0 spiro atoms. The zero-order chi connectivity index (χ0) is 33.4. The minimum absolute atomic E-state index is 0.00203. The van der Waals surface area contributed by atoms with Crippen LogP contribution < -0.4 is 9.62 Å². The van der Waals surface area contributed by atoms with Gasteiger partial charge >= 0.3 is 0 Å². The molecule has 1 aliphatic rings. The summed E-state index contributed by atoms with van der Waals surface area (Å²) >= 11 is 0. The molecule has 4 aromatic rings. The summed E-state index contributed by atoms with van der Waals surface area (Å²) in [4.78, 5) is 30.4. The van der Waals surface area contributed by atoms with Gasteiger partial charge in [-0.05, 0) is 79.3 Å². The Morgan fingerprint density at radius 2 is 1.45 bits per heavy atom. The monoisotopic (exact) mass is 655 g/mol. The fraction of sp³-hybridized carbons (Fsp3) is 0.316. The third-order valence-corrected chi connectivity index (χ3v) is 10.7. The minimum atomic E-state index is -4.19. The molecule has 246 valence electrons. The molecule has 0 aromatic heterocycles. The van der Waals surface area contributed by atoms with Crippen molar-refractivity contribution in [2.24, 2.45) is 0 Å². The van der Waals surface area contributed by atoms with Crippen LogP contribution >= 0.6 is 0 Å². The molecule has 4 aromatic carbocycles. The number of carbonyl (C=O) groups excluding carboxylic acids is 2.